The molecule has 1 aliphatic carbocycles. The largest absolute Gasteiger partial charge is 0.363 e. The fourth-order valence-electron chi connectivity index (χ4n) is 7.05. The number of urea groups is 1. The zero-order valence-electron chi connectivity index (χ0n) is 30.6. The van der Waals surface area contributed by atoms with Gasteiger partial charge in [-0.1, -0.05) is 124 Å². The number of carbonyl (C=O) groups excluding carboxylic acids is 6. The van der Waals surface area contributed by atoms with Crippen molar-refractivity contribution in [1.29, 1.82) is 0 Å². The molecule has 3 rings (SSSR count). The highest BCUT2D eigenvalue weighted by molar-refractivity contribution is 6.37. The molecule has 0 radical (unpaired) electrons. The van der Waals surface area contributed by atoms with Gasteiger partial charge in [0.25, 0.3) is 5.91 Å². The molecule has 0 aromatic heterocycles. The number of likely N-dealkylation sites (tertiary alicyclic amines) is 1. The van der Waals surface area contributed by atoms with Gasteiger partial charge in [0, 0.05) is 12.1 Å². The van der Waals surface area contributed by atoms with Crippen LogP contribution in [0.5, 0.6) is 0 Å². The van der Waals surface area contributed by atoms with Crippen molar-refractivity contribution in [2.45, 2.75) is 130 Å². The molecule has 1 heterocycles. The second-order valence-electron chi connectivity index (χ2n) is 15.4. The first-order valence-electron chi connectivity index (χ1n) is 18.2. The van der Waals surface area contributed by atoms with Crippen molar-refractivity contribution in [1.82, 2.24) is 20.9 Å². The molecule has 1 saturated carbocycles. The molecule has 2 aliphatic rings. The standard InChI is InChI=1S/C38H59N5O6/c1-8-25(9-2)29(31(44)26-16-11-10-12-17-26)41-37(49)42-33(38(5,6)7)36(48)43-22-21-27(23(3)4)30(43)35(47)40-28(32(45)34(39)46)18-14-13-15-24-19-20-24/h10-12,16-17,23-25,27-30,33H,8-9,13-15,18-22H2,1-7H3,(H2,39,46)(H,40,47)(H2,41,42,49)/t27-,28?,29+,30+,33-/m1/s1. The molecular formula is C38H59N5O6. The van der Waals surface area contributed by atoms with Gasteiger partial charge in [-0.25, -0.2) is 4.79 Å². The maximum atomic E-state index is 14.4. The normalized spacial score (nSPS) is 19.7. The van der Waals surface area contributed by atoms with Gasteiger partial charge in [-0.3, -0.25) is 24.0 Å². The van der Waals surface area contributed by atoms with E-state index < -0.39 is 59.1 Å². The third-order valence-corrected chi connectivity index (χ3v) is 10.3. The fraction of sp³-hybridized carbons (Fsp3) is 0.684. The van der Waals surface area contributed by atoms with E-state index >= 15 is 0 Å². The Kier molecular flexibility index (Phi) is 14.4. The van der Waals surface area contributed by atoms with Crippen molar-refractivity contribution < 1.29 is 28.8 Å². The third kappa shape index (κ3) is 10.9. The van der Waals surface area contributed by atoms with Crippen LogP contribution in [-0.2, 0) is 19.2 Å². The molecule has 1 saturated heterocycles. The van der Waals surface area contributed by atoms with Gasteiger partial charge in [-0.2, -0.15) is 0 Å². The third-order valence-electron chi connectivity index (χ3n) is 10.3. The maximum Gasteiger partial charge on any atom is 0.316 e. The van der Waals surface area contributed by atoms with E-state index in [-0.39, 0.29) is 30.1 Å². The van der Waals surface area contributed by atoms with Crippen molar-refractivity contribution in [2.24, 2.45) is 34.8 Å². The summed E-state index contributed by atoms with van der Waals surface area (Å²) in [5.74, 6) is -2.66. The minimum absolute atomic E-state index is 0.0338. The average molecular weight is 682 g/mol. The van der Waals surface area contributed by atoms with Crippen LogP contribution in [0.3, 0.4) is 0 Å². The number of rotatable bonds is 18. The van der Waals surface area contributed by atoms with E-state index in [4.69, 9.17) is 5.73 Å². The highest BCUT2D eigenvalue weighted by Crippen LogP contribution is 2.35. The highest BCUT2D eigenvalue weighted by Gasteiger charge is 2.48. The van der Waals surface area contributed by atoms with Crippen molar-refractivity contribution in [2.75, 3.05) is 6.54 Å². The lowest BCUT2D eigenvalue weighted by molar-refractivity contribution is -0.144. The first-order chi connectivity index (χ1) is 23.1. The molecule has 1 aliphatic heterocycles. The Morgan fingerprint density at radius 1 is 0.898 bits per heavy atom. The Bertz CT molecular complexity index is 1320. The first kappa shape index (κ1) is 39.7. The van der Waals surface area contributed by atoms with Gasteiger partial charge in [0.1, 0.15) is 12.1 Å². The minimum atomic E-state index is -1.10. The Balaban J connectivity index is 1.83. The number of primary amides is 1. The summed E-state index contributed by atoms with van der Waals surface area (Å²) >= 11 is 0. The van der Waals surface area contributed by atoms with Crippen molar-refractivity contribution in [3.63, 3.8) is 0 Å². The molecule has 11 nitrogen and oxygen atoms in total. The maximum absolute atomic E-state index is 14.4. The zero-order chi connectivity index (χ0) is 36.5. The first-order valence-corrected chi connectivity index (χ1v) is 18.2. The SMILES string of the molecule is CCC(CC)[C@H](NC(=O)N[C@H](C(=O)N1CC[C@H](C(C)C)[C@H]1C(=O)NC(CCCCC1CC1)C(=O)C(N)=O)C(C)(C)C)C(=O)c1ccccc1. The Hall–Kier alpha value is -3.76. The number of ketones is 2. The van der Waals surface area contributed by atoms with Gasteiger partial charge >= 0.3 is 6.03 Å². The molecule has 11 heteroatoms. The van der Waals surface area contributed by atoms with Gasteiger partial charge in [0.05, 0.1) is 12.1 Å². The van der Waals surface area contributed by atoms with E-state index in [0.29, 0.717) is 37.7 Å². The number of nitrogens with zero attached hydrogens (tertiary/aromatic N) is 1. The lowest BCUT2D eigenvalue weighted by Crippen LogP contribution is -2.62. The van der Waals surface area contributed by atoms with E-state index in [1.807, 2.05) is 54.5 Å². The molecule has 1 aromatic carbocycles. The summed E-state index contributed by atoms with van der Waals surface area (Å²) in [7, 11) is 0. The minimum Gasteiger partial charge on any atom is -0.363 e. The number of Topliss-reactive ketones (excluding diaryl/α,β-unsaturated/α-hetero) is 2. The summed E-state index contributed by atoms with van der Waals surface area (Å²) in [5.41, 5.74) is 5.10. The molecule has 0 spiro atoms. The summed E-state index contributed by atoms with van der Waals surface area (Å²) in [5, 5.41) is 8.53. The Labute approximate surface area is 292 Å². The van der Waals surface area contributed by atoms with Gasteiger partial charge in [0.2, 0.25) is 17.6 Å². The molecular weight excluding hydrogens is 622 g/mol. The van der Waals surface area contributed by atoms with Gasteiger partial charge < -0.3 is 26.6 Å². The molecule has 0 bridgehead atoms. The quantitative estimate of drug-likeness (QED) is 0.0989. The number of unbranched alkanes of at least 4 members (excludes halogenated alkanes) is 1. The second kappa shape index (κ2) is 17.8. The molecule has 1 unspecified atom stereocenters. The highest BCUT2D eigenvalue weighted by atomic mass is 16.2. The fourth-order valence-corrected chi connectivity index (χ4v) is 7.05. The summed E-state index contributed by atoms with van der Waals surface area (Å²) < 4.78 is 0. The van der Waals surface area contributed by atoms with Crippen LogP contribution in [0.1, 0.15) is 117 Å². The molecule has 49 heavy (non-hydrogen) atoms. The van der Waals surface area contributed by atoms with E-state index in [1.54, 1.807) is 24.3 Å². The number of carbonyl (C=O) groups is 6. The van der Waals surface area contributed by atoms with E-state index in [9.17, 15) is 28.8 Å². The predicted molar refractivity (Wildman–Crippen MR) is 189 cm³/mol. The number of amides is 5. The van der Waals surface area contributed by atoms with Crippen molar-refractivity contribution in [3.8, 4) is 0 Å². The van der Waals surface area contributed by atoms with E-state index in [2.05, 4.69) is 16.0 Å². The summed E-state index contributed by atoms with van der Waals surface area (Å²) in [6, 6.07) is 4.37. The number of benzene rings is 1. The molecule has 5 amide bonds. The summed E-state index contributed by atoms with van der Waals surface area (Å²) in [6.45, 7) is 13.7. The monoisotopic (exact) mass is 681 g/mol. The van der Waals surface area contributed by atoms with Gasteiger partial charge in [0.15, 0.2) is 5.78 Å². The van der Waals surface area contributed by atoms with Crippen LogP contribution in [0.2, 0.25) is 0 Å². The van der Waals surface area contributed by atoms with Crippen LogP contribution in [0.25, 0.3) is 0 Å². The van der Waals surface area contributed by atoms with Gasteiger partial charge in [-0.05, 0) is 41.9 Å². The zero-order valence-corrected chi connectivity index (χ0v) is 30.6. The molecule has 5 atom stereocenters. The van der Waals surface area contributed by atoms with Crippen LogP contribution in [0.15, 0.2) is 30.3 Å². The number of hydrogen-bond acceptors (Lipinski definition) is 6. The van der Waals surface area contributed by atoms with Crippen molar-refractivity contribution >= 4 is 35.3 Å². The number of hydrogen-bond donors (Lipinski definition) is 4. The van der Waals surface area contributed by atoms with Crippen LogP contribution in [-0.4, -0.2) is 70.9 Å². The van der Waals surface area contributed by atoms with Crippen LogP contribution in [0, 0.1) is 29.1 Å². The number of nitrogens with two attached hydrogens (primary N) is 1. The van der Waals surface area contributed by atoms with E-state index in [0.717, 1.165) is 18.8 Å². The summed E-state index contributed by atoms with van der Waals surface area (Å²) in [6.07, 6.45) is 7.24. The number of nitrogens with one attached hydrogen (secondary N) is 3. The lowest BCUT2D eigenvalue weighted by Gasteiger charge is -2.37. The average Bonchev–Trinajstić information content (AvgIpc) is 3.77. The smallest absolute Gasteiger partial charge is 0.316 e. The molecule has 272 valence electrons. The molecule has 1 aromatic rings. The Morgan fingerprint density at radius 2 is 1.53 bits per heavy atom. The van der Waals surface area contributed by atoms with Crippen LogP contribution < -0.4 is 21.7 Å². The van der Waals surface area contributed by atoms with E-state index in [1.165, 1.54) is 17.7 Å². The van der Waals surface area contributed by atoms with Gasteiger partial charge in [-0.15, -0.1) is 0 Å². The molecule has 2 fully saturated rings. The van der Waals surface area contributed by atoms with Crippen molar-refractivity contribution in [3.05, 3.63) is 35.9 Å². The Morgan fingerprint density at radius 3 is 2.06 bits per heavy atom. The molecule has 5 N–H and O–H groups in total. The van der Waals surface area contributed by atoms with Crippen LogP contribution in [0.4, 0.5) is 4.79 Å². The predicted octanol–water partition coefficient (Wildman–Crippen LogP) is 4.77. The topological polar surface area (TPSA) is 168 Å². The lowest BCUT2D eigenvalue weighted by atomic mass is 9.84. The second-order valence-corrected chi connectivity index (χ2v) is 15.4. The summed E-state index contributed by atoms with van der Waals surface area (Å²) in [4.78, 5) is 81.8. The van der Waals surface area contributed by atoms with Crippen LogP contribution >= 0.6 is 0 Å².